The van der Waals surface area contributed by atoms with E-state index in [9.17, 15) is 10.2 Å². The average molecular weight is 512 g/mol. The van der Waals surface area contributed by atoms with E-state index in [0.29, 0.717) is 53.6 Å². The highest BCUT2D eigenvalue weighted by molar-refractivity contribution is 6.01. The van der Waals surface area contributed by atoms with Crippen molar-refractivity contribution in [1.29, 1.82) is 0 Å². The topological polar surface area (TPSA) is 84.8 Å². The highest BCUT2D eigenvalue weighted by Gasteiger charge is 2.52. The fourth-order valence-electron chi connectivity index (χ4n) is 6.85. The van der Waals surface area contributed by atoms with Gasteiger partial charge in [-0.3, -0.25) is 0 Å². The zero-order chi connectivity index (χ0) is 25.6. The number of rotatable bonds is 4. The van der Waals surface area contributed by atoms with Gasteiger partial charge < -0.3 is 25.3 Å². The van der Waals surface area contributed by atoms with Crippen LogP contribution in [0.3, 0.4) is 0 Å². The highest BCUT2D eigenvalue weighted by atomic mass is 19.1. The van der Waals surface area contributed by atoms with E-state index < -0.39 is 11.4 Å². The number of phenols is 1. The van der Waals surface area contributed by atoms with E-state index in [4.69, 9.17) is 9.97 Å². The quantitative estimate of drug-likeness (QED) is 0.379. The van der Waals surface area contributed by atoms with Crippen molar-refractivity contribution in [3.63, 3.8) is 0 Å². The van der Waals surface area contributed by atoms with Gasteiger partial charge in [0.15, 0.2) is 5.82 Å². The summed E-state index contributed by atoms with van der Waals surface area (Å²) in [7, 11) is 0. The Kier molecular flexibility index (Phi) is 4.74. The Morgan fingerprint density at radius 1 is 0.868 bits per heavy atom. The fraction of sp³-hybridized carbons (Fsp3) is 0.400. The normalized spacial score (nSPS) is 24.3. The first kappa shape index (κ1) is 22.5. The van der Waals surface area contributed by atoms with Crippen LogP contribution in [0.4, 0.5) is 16.2 Å². The minimum Gasteiger partial charge on any atom is -0.508 e. The minimum atomic E-state index is -0.687. The second-order valence-corrected chi connectivity index (χ2v) is 11.7. The van der Waals surface area contributed by atoms with Crippen molar-refractivity contribution in [1.82, 2.24) is 15.3 Å². The Hall–Kier alpha value is -3.49. The molecule has 1 saturated carbocycles. The molecular formula is C30H30FN5O2. The van der Waals surface area contributed by atoms with Crippen molar-refractivity contribution in [2.45, 2.75) is 43.4 Å². The third-order valence-corrected chi connectivity index (χ3v) is 8.98. The third-order valence-electron chi connectivity index (χ3n) is 8.98. The van der Waals surface area contributed by atoms with E-state index in [1.54, 1.807) is 18.2 Å². The summed E-state index contributed by atoms with van der Waals surface area (Å²) >= 11 is 0. The number of β-amino-alcohol motifs (C(OH)–C–C–N with tert-alkyl or cyclic N) is 1. The predicted octanol–water partition coefficient (Wildman–Crippen LogP) is 4.20. The van der Waals surface area contributed by atoms with Crippen molar-refractivity contribution < 1.29 is 14.6 Å². The molecule has 3 saturated heterocycles. The molecular weight excluding hydrogens is 481 g/mol. The summed E-state index contributed by atoms with van der Waals surface area (Å²) in [6, 6.07) is 15.5. The number of fused-ring (bicyclic) bond motifs is 4. The molecule has 0 amide bonds. The molecule has 4 aliphatic rings. The number of hydrogen-bond acceptors (Lipinski definition) is 7. The number of aliphatic hydroxyl groups is 1. The van der Waals surface area contributed by atoms with Crippen LogP contribution in [0.2, 0.25) is 0 Å². The van der Waals surface area contributed by atoms with Crippen LogP contribution >= 0.6 is 0 Å². The molecule has 3 N–H and O–H groups in total. The van der Waals surface area contributed by atoms with Crippen molar-refractivity contribution in [2.24, 2.45) is 5.92 Å². The molecule has 3 aromatic carbocycles. The number of aromatic nitrogens is 2. The summed E-state index contributed by atoms with van der Waals surface area (Å²) in [4.78, 5) is 14.0. The van der Waals surface area contributed by atoms with Crippen LogP contribution in [-0.2, 0) is 0 Å². The van der Waals surface area contributed by atoms with Gasteiger partial charge in [0, 0.05) is 36.1 Å². The number of hydrogen-bond donors (Lipinski definition) is 3. The van der Waals surface area contributed by atoms with E-state index in [2.05, 4.69) is 10.2 Å². The molecule has 8 heteroatoms. The van der Waals surface area contributed by atoms with Gasteiger partial charge in [-0.25, -0.2) is 9.37 Å². The smallest absolute Gasteiger partial charge is 0.228 e. The summed E-state index contributed by atoms with van der Waals surface area (Å²) in [5, 5.41) is 27.4. The molecule has 3 aliphatic heterocycles. The first-order chi connectivity index (χ1) is 18.4. The molecule has 2 bridgehead atoms. The number of nitrogens with zero attached hydrogens (tertiary/aromatic N) is 4. The van der Waals surface area contributed by atoms with Gasteiger partial charge in [-0.2, -0.15) is 4.98 Å². The Morgan fingerprint density at radius 2 is 1.63 bits per heavy atom. The van der Waals surface area contributed by atoms with E-state index in [0.717, 1.165) is 55.4 Å². The molecule has 1 aromatic heterocycles. The summed E-state index contributed by atoms with van der Waals surface area (Å²) in [6.07, 6.45) is 4.41. The molecule has 4 fully saturated rings. The maximum atomic E-state index is 16.5. The average Bonchev–Trinajstić information content (AvgIpc) is 3.70. The van der Waals surface area contributed by atoms with Gasteiger partial charge in [0.25, 0.3) is 0 Å². The van der Waals surface area contributed by atoms with E-state index in [1.807, 2.05) is 35.2 Å². The number of aromatic hydroxyl groups is 1. The zero-order valence-electron chi connectivity index (χ0n) is 21.1. The zero-order valence-corrected chi connectivity index (χ0v) is 21.1. The lowest BCUT2D eigenvalue weighted by molar-refractivity contribution is -0.0102. The summed E-state index contributed by atoms with van der Waals surface area (Å²) in [6.45, 7) is 2.62. The van der Waals surface area contributed by atoms with E-state index >= 15 is 4.39 Å². The molecule has 1 aliphatic carbocycles. The van der Waals surface area contributed by atoms with E-state index in [1.165, 1.54) is 0 Å². The molecule has 2 atom stereocenters. The second kappa shape index (κ2) is 8.01. The van der Waals surface area contributed by atoms with Crippen LogP contribution in [0.25, 0.3) is 32.8 Å². The van der Waals surface area contributed by atoms with Gasteiger partial charge in [0.1, 0.15) is 22.7 Å². The monoisotopic (exact) mass is 511 g/mol. The molecule has 0 unspecified atom stereocenters. The minimum absolute atomic E-state index is 0.0958. The van der Waals surface area contributed by atoms with Crippen molar-refractivity contribution in [3.8, 4) is 16.9 Å². The maximum Gasteiger partial charge on any atom is 0.228 e. The number of halogens is 1. The van der Waals surface area contributed by atoms with Crippen LogP contribution < -0.4 is 15.1 Å². The fourth-order valence-corrected chi connectivity index (χ4v) is 6.85. The first-order valence-electron chi connectivity index (χ1n) is 13.7. The van der Waals surface area contributed by atoms with Crippen molar-refractivity contribution in [3.05, 3.63) is 54.3 Å². The number of anilines is 2. The first-order valence-corrected chi connectivity index (χ1v) is 13.7. The van der Waals surface area contributed by atoms with Crippen molar-refractivity contribution in [2.75, 3.05) is 36.0 Å². The van der Waals surface area contributed by atoms with E-state index in [-0.39, 0.29) is 11.3 Å². The van der Waals surface area contributed by atoms with Gasteiger partial charge in [-0.05, 0) is 66.1 Å². The maximum absolute atomic E-state index is 16.5. The predicted molar refractivity (Wildman–Crippen MR) is 146 cm³/mol. The molecule has 38 heavy (non-hydrogen) atoms. The van der Waals surface area contributed by atoms with Gasteiger partial charge in [0.2, 0.25) is 5.95 Å². The highest BCUT2D eigenvalue weighted by Crippen LogP contribution is 2.46. The summed E-state index contributed by atoms with van der Waals surface area (Å²) in [5.41, 5.74) is 0.628. The summed E-state index contributed by atoms with van der Waals surface area (Å²) in [5.74, 6) is 1.26. The molecule has 0 radical (unpaired) electrons. The van der Waals surface area contributed by atoms with Gasteiger partial charge in [-0.15, -0.1) is 0 Å². The lowest BCUT2D eigenvalue weighted by Crippen LogP contribution is -2.64. The summed E-state index contributed by atoms with van der Waals surface area (Å²) < 4.78 is 16.5. The molecule has 7 nitrogen and oxygen atoms in total. The SMILES string of the molecule is Oc1cc(-c2ccc3c(N4C[C@H]5CC[C@@H](C4)N5)nc(N4CC(O)(C5CC5)C4)nc3c2F)c2ccccc2c1. The Balaban J connectivity index is 1.29. The Morgan fingerprint density at radius 3 is 2.39 bits per heavy atom. The number of benzene rings is 3. The van der Waals surface area contributed by atoms with Crippen LogP contribution in [0, 0.1) is 11.7 Å². The van der Waals surface area contributed by atoms with Gasteiger partial charge in [-0.1, -0.05) is 30.3 Å². The molecule has 4 aromatic rings. The number of piperazine rings is 1. The molecule has 194 valence electrons. The van der Waals surface area contributed by atoms with Crippen molar-refractivity contribution >= 4 is 33.4 Å². The van der Waals surface area contributed by atoms with Gasteiger partial charge >= 0.3 is 0 Å². The second-order valence-electron chi connectivity index (χ2n) is 11.7. The number of phenolic OH excluding ortho intramolecular Hbond substituents is 1. The Labute approximate surface area is 219 Å². The van der Waals surface area contributed by atoms with Crippen LogP contribution in [0.1, 0.15) is 25.7 Å². The Bertz CT molecular complexity index is 1590. The van der Waals surface area contributed by atoms with Gasteiger partial charge in [0.05, 0.1) is 13.1 Å². The standard InChI is InChI=1S/C30H30FN5O2/c31-26-23(25-12-21(37)11-17-3-1-2-4-22(17)25)9-10-24-27(26)33-29(36-15-30(38,16-36)18-5-6-18)34-28(24)35-13-19-7-8-20(14-35)32-19/h1-4,9-12,18-20,32,37-38H,5-8,13-16H2/t19-,20+. The third kappa shape index (κ3) is 3.47. The lowest BCUT2D eigenvalue weighted by atomic mass is 9.89. The molecule has 0 spiro atoms. The molecule has 4 heterocycles. The number of nitrogens with one attached hydrogen (secondary N) is 1. The molecule has 8 rings (SSSR count). The van der Waals surface area contributed by atoms with Crippen LogP contribution in [0.5, 0.6) is 5.75 Å². The van der Waals surface area contributed by atoms with Crippen LogP contribution in [-0.4, -0.2) is 64.0 Å². The largest absolute Gasteiger partial charge is 0.508 e. The van der Waals surface area contributed by atoms with Crippen LogP contribution in [0.15, 0.2) is 48.5 Å². The lowest BCUT2D eigenvalue weighted by Gasteiger charge is -2.47.